The summed E-state index contributed by atoms with van der Waals surface area (Å²) in [5, 5.41) is 3.02. The zero-order valence-electron chi connectivity index (χ0n) is 14.8. The first kappa shape index (κ1) is 17.2. The van der Waals surface area contributed by atoms with Crippen LogP contribution >= 0.6 is 0 Å². The number of piperidine rings is 2. The molecule has 0 saturated carbocycles. The molecule has 0 unspecified atom stereocenters. The highest BCUT2D eigenvalue weighted by molar-refractivity contribution is 5.89. The Morgan fingerprint density at radius 2 is 1.83 bits per heavy atom. The van der Waals surface area contributed by atoms with E-state index in [2.05, 4.69) is 10.2 Å². The molecule has 0 aromatic heterocycles. The van der Waals surface area contributed by atoms with E-state index in [1.165, 1.54) is 0 Å². The molecule has 2 aliphatic rings. The first-order chi connectivity index (χ1) is 11.7. The molecule has 0 radical (unpaired) electrons. The third-order valence-electron chi connectivity index (χ3n) is 5.35. The van der Waals surface area contributed by atoms with Gasteiger partial charge in [0.2, 0.25) is 0 Å². The number of urea groups is 1. The summed E-state index contributed by atoms with van der Waals surface area (Å²) in [6.07, 6.45) is 4.83. The summed E-state index contributed by atoms with van der Waals surface area (Å²) in [4.78, 5) is 17.0. The third kappa shape index (κ3) is 4.28. The van der Waals surface area contributed by atoms with Crippen LogP contribution in [0.5, 0.6) is 0 Å². The highest BCUT2D eigenvalue weighted by atomic mass is 16.5. The van der Waals surface area contributed by atoms with Crippen LogP contribution in [0.2, 0.25) is 0 Å². The molecule has 2 heterocycles. The molecule has 5 nitrogen and oxygen atoms in total. The highest BCUT2D eigenvalue weighted by Gasteiger charge is 2.29. The zero-order valence-corrected chi connectivity index (χ0v) is 14.8. The van der Waals surface area contributed by atoms with Gasteiger partial charge in [-0.2, -0.15) is 0 Å². The molecule has 132 valence electrons. The maximum atomic E-state index is 12.4. The monoisotopic (exact) mass is 331 g/mol. The average molecular weight is 331 g/mol. The van der Waals surface area contributed by atoms with Crippen LogP contribution in [0.1, 0.15) is 31.2 Å². The quantitative estimate of drug-likeness (QED) is 0.926. The van der Waals surface area contributed by atoms with E-state index in [9.17, 15) is 4.79 Å². The maximum absolute atomic E-state index is 12.4. The number of carbonyl (C=O) groups is 1. The van der Waals surface area contributed by atoms with Crippen molar-refractivity contribution in [3.05, 3.63) is 29.8 Å². The van der Waals surface area contributed by atoms with E-state index >= 15 is 0 Å². The number of nitrogens with zero attached hydrogens (tertiary/aromatic N) is 2. The fourth-order valence-electron chi connectivity index (χ4n) is 3.84. The number of benzene rings is 1. The summed E-state index contributed by atoms with van der Waals surface area (Å²) in [6, 6.07) is 8.60. The summed E-state index contributed by atoms with van der Waals surface area (Å²) in [6.45, 7) is 5.96. The number of carbonyl (C=O) groups excluding carboxylic acids is 1. The Labute approximate surface area is 145 Å². The van der Waals surface area contributed by atoms with Gasteiger partial charge in [-0.3, -0.25) is 0 Å². The minimum absolute atomic E-state index is 0.0251. The van der Waals surface area contributed by atoms with Crippen LogP contribution in [0.15, 0.2) is 24.3 Å². The second kappa shape index (κ2) is 7.99. The number of methoxy groups -OCH3 is 1. The predicted molar refractivity (Wildman–Crippen MR) is 96.4 cm³/mol. The molecule has 0 bridgehead atoms. The normalized spacial score (nSPS) is 21.0. The molecule has 2 amide bonds. The maximum Gasteiger partial charge on any atom is 0.321 e. The van der Waals surface area contributed by atoms with Gasteiger partial charge < -0.3 is 19.9 Å². The molecule has 0 spiro atoms. The van der Waals surface area contributed by atoms with Crippen molar-refractivity contribution in [2.45, 2.75) is 44.8 Å². The number of rotatable bonds is 3. The Balaban J connectivity index is 1.45. The Morgan fingerprint density at radius 3 is 2.46 bits per heavy atom. The minimum Gasteiger partial charge on any atom is -0.381 e. The first-order valence-electron chi connectivity index (χ1n) is 9.05. The van der Waals surface area contributed by atoms with E-state index in [-0.39, 0.29) is 6.03 Å². The Hall–Kier alpha value is -1.59. The van der Waals surface area contributed by atoms with E-state index in [4.69, 9.17) is 4.74 Å². The van der Waals surface area contributed by atoms with Gasteiger partial charge >= 0.3 is 6.03 Å². The number of amides is 2. The lowest BCUT2D eigenvalue weighted by Gasteiger charge is -2.41. The van der Waals surface area contributed by atoms with Crippen LogP contribution in [0, 0.1) is 6.92 Å². The van der Waals surface area contributed by atoms with Gasteiger partial charge in [-0.15, -0.1) is 0 Å². The number of hydrogen-bond donors (Lipinski definition) is 1. The summed E-state index contributed by atoms with van der Waals surface area (Å²) in [5.41, 5.74) is 2.04. The topological polar surface area (TPSA) is 44.8 Å². The van der Waals surface area contributed by atoms with Gasteiger partial charge in [-0.25, -0.2) is 4.79 Å². The zero-order chi connectivity index (χ0) is 16.9. The first-order valence-corrected chi connectivity index (χ1v) is 9.05. The van der Waals surface area contributed by atoms with E-state index in [0.29, 0.717) is 12.1 Å². The van der Waals surface area contributed by atoms with Crippen molar-refractivity contribution in [1.29, 1.82) is 0 Å². The van der Waals surface area contributed by atoms with Gasteiger partial charge in [0.05, 0.1) is 6.10 Å². The van der Waals surface area contributed by atoms with Crippen molar-refractivity contribution < 1.29 is 9.53 Å². The van der Waals surface area contributed by atoms with Crippen LogP contribution < -0.4 is 5.32 Å². The van der Waals surface area contributed by atoms with Gasteiger partial charge in [0.1, 0.15) is 0 Å². The number of ether oxygens (including phenoxy) is 1. The summed E-state index contributed by atoms with van der Waals surface area (Å²) >= 11 is 0. The number of anilines is 1. The lowest BCUT2D eigenvalue weighted by atomic mass is 9.99. The molecular formula is C19H29N3O2. The molecule has 1 aromatic rings. The molecule has 1 aromatic carbocycles. The van der Waals surface area contributed by atoms with E-state index in [1.54, 1.807) is 0 Å². The number of aryl methyl sites for hydroxylation is 1. The van der Waals surface area contributed by atoms with Crippen molar-refractivity contribution in [1.82, 2.24) is 9.80 Å². The van der Waals surface area contributed by atoms with Gasteiger partial charge in [-0.1, -0.05) is 12.1 Å². The molecule has 5 heteroatoms. The van der Waals surface area contributed by atoms with Crippen LogP contribution in [0.3, 0.4) is 0 Å². The minimum atomic E-state index is 0.0251. The molecule has 24 heavy (non-hydrogen) atoms. The Bertz CT molecular complexity index is 547. The molecule has 0 atom stereocenters. The second-order valence-corrected chi connectivity index (χ2v) is 6.99. The highest BCUT2D eigenvalue weighted by Crippen LogP contribution is 2.22. The van der Waals surface area contributed by atoms with Crippen molar-refractivity contribution >= 4 is 11.7 Å². The van der Waals surface area contributed by atoms with E-state index in [0.717, 1.165) is 63.1 Å². The fourth-order valence-corrected chi connectivity index (χ4v) is 3.84. The summed E-state index contributed by atoms with van der Waals surface area (Å²) < 4.78 is 5.45. The number of likely N-dealkylation sites (tertiary alicyclic amines) is 2. The summed E-state index contributed by atoms with van der Waals surface area (Å²) in [7, 11) is 1.81. The van der Waals surface area contributed by atoms with Gasteiger partial charge in [-0.05, 0) is 50.3 Å². The molecule has 3 rings (SSSR count). The van der Waals surface area contributed by atoms with Crippen molar-refractivity contribution in [3.8, 4) is 0 Å². The third-order valence-corrected chi connectivity index (χ3v) is 5.35. The average Bonchev–Trinajstić information content (AvgIpc) is 2.62. The fraction of sp³-hybridized carbons (Fsp3) is 0.632. The standard InChI is InChI=1S/C19H29N3O2/c1-15-4-3-5-16(14-15)20-19(23)22-10-6-17(7-11-22)21-12-8-18(24-2)9-13-21/h3-5,14,17-18H,6-13H2,1-2H3,(H,20,23). The van der Waals surface area contributed by atoms with Gasteiger partial charge in [0.15, 0.2) is 0 Å². The smallest absolute Gasteiger partial charge is 0.321 e. The van der Waals surface area contributed by atoms with Crippen LogP contribution in [-0.4, -0.2) is 61.3 Å². The predicted octanol–water partition coefficient (Wildman–Crippen LogP) is 3.10. The lowest BCUT2D eigenvalue weighted by molar-refractivity contribution is 0.0173. The van der Waals surface area contributed by atoms with Crippen molar-refractivity contribution in [2.24, 2.45) is 0 Å². The van der Waals surface area contributed by atoms with E-state index < -0.39 is 0 Å². The van der Waals surface area contributed by atoms with Crippen molar-refractivity contribution in [3.63, 3.8) is 0 Å². The molecule has 2 saturated heterocycles. The van der Waals surface area contributed by atoms with Crippen LogP contribution in [0.4, 0.5) is 10.5 Å². The largest absolute Gasteiger partial charge is 0.381 e. The van der Waals surface area contributed by atoms with Crippen LogP contribution in [0.25, 0.3) is 0 Å². The lowest BCUT2D eigenvalue weighted by Crippen LogP contribution is -2.50. The number of nitrogens with one attached hydrogen (secondary N) is 1. The second-order valence-electron chi connectivity index (χ2n) is 6.99. The molecule has 1 N–H and O–H groups in total. The number of hydrogen-bond acceptors (Lipinski definition) is 3. The molecule has 2 aliphatic heterocycles. The van der Waals surface area contributed by atoms with Gasteiger partial charge in [0, 0.05) is 45.0 Å². The summed E-state index contributed by atoms with van der Waals surface area (Å²) in [5.74, 6) is 0. The van der Waals surface area contributed by atoms with Crippen LogP contribution in [-0.2, 0) is 4.74 Å². The Morgan fingerprint density at radius 1 is 1.12 bits per heavy atom. The van der Waals surface area contributed by atoms with E-state index in [1.807, 2.05) is 43.2 Å². The molecule has 2 fully saturated rings. The molecule has 0 aliphatic carbocycles. The van der Waals surface area contributed by atoms with Crippen molar-refractivity contribution in [2.75, 3.05) is 38.6 Å². The SMILES string of the molecule is COC1CCN(C2CCN(C(=O)Nc3cccc(C)c3)CC2)CC1. The molecular weight excluding hydrogens is 302 g/mol. The van der Waals surface area contributed by atoms with Gasteiger partial charge in [0.25, 0.3) is 0 Å². The Kier molecular flexibility index (Phi) is 5.74.